The normalized spacial score (nSPS) is 17.8. The summed E-state index contributed by atoms with van der Waals surface area (Å²) in [6, 6.07) is 0. The van der Waals surface area contributed by atoms with Gasteiger partial charge >= 0.3 is 6.09 Å². The molecular formula is C29H40N2O5. The van der Waals surface area contributed by atoms with Gasteiger partial charge in [0, 0.05) is 19.2 Å². The summed E-state index contributed by atoms with van der Waals surface area (Å²) in [7, 11) is 0. The molecule has 0 radical (unpaired) electrons. The number of hydrogen-bond donors (Lipinski definition) is 4. The number of aliphatic hydroxyl groups is 2. The van der Waals surface area contributed by atoms with Crippen LogP contribution in [0.25, 0.3) is 0 Å². The second kappa shape index (κ2) is 16.5. The van der Waals surface area contributed by atoms with E-state index in [4.69, 9.17) is 9.47 Å². The molecule has 0 aromatic rings. The third-order valence-electron chi connectivity index (χ3n) is 5.76. The largest absolute Gasteiger partial charge is 0.495 e. The zero-order valence-corrected chi connectivity index (χ0v) is 21.2. The summed E-state index contributed by atoms with van der Waals surface area (Å²) < 4.78 is 11.0. The van der Waals surface area contributed by atoms with Gasteiger partial charge in [0.2, 0.25) is 0 Å². The zero-order valence-electron chi connectivity index (χ0n) is 21.2. The summed E-state index contributed by atoms with van der Waals surface area (Å²) >= 11 is 0. The molecule has 2 unspecified atom stereocenters. The molecule has 2 aliphatic rings. The number of carbonyl (C=O) groups is 1. The predicted octanol–water partition coefficient (Wildman–Crippen LogP) is 4.86. The topological polar surface area (TPSA) is 100 Å². The van der Waals surface area contributed by atoms with Gasteiger partial charge in [-0.2, -0.15) is 0 Å². The van der Waals surface area contributed by atoms with Gasteiger partial charge in [-0.15, -0.1) is 6.58 Å². The lowest BCUT2D eigenvalue weighted by Crippen LogP contribution is -2.37. The van der Waals surface area contributed by atoms with Crippen molar-refractivity contribution >= 4 is 6.09 Å². The van der Waals surface area contributed by atoms with E-state index < -0.39 is 17.8 Å². The molecule has 7 heteroatoms. The molecule has 2 rings (SSSR count). The van der Waals surface area contributed by atoms with Gasteiger partial charge in [-0.05, 0) is 62.5 Å². The molecule has 0 spiro atoms. The number of rotatable bonds is 15. The lowest BCUT2D eigenvalue weighted by atomic mass is 9.87. The second-order valence-electron chi connectivity index (χ2n) is 8.60. The van der Waals surface area contributed by atoms with E-state index in [2.05, 4.69) is 23.3 Å². The van der Waals surface area contributed by atoms with Gasteiger partial charge in [0.15, 0.2) is 0 Å². The molecule has 0 aliphatic heterocycles. The first kappa shape index (κ1) is 29.1. The van der Waals surface area contributed by atoms with Crippen molar-refractivity contribution in [2.45, 2.75) is 57.2 Å². The quantitative estimate of drug-likeness (QED) is 0.191. The van der Waals surface area contributed by atoms with Crippen molar-refractivity contribution in [3.05, 3.63) is 96.7 Å². The van der Waals surface area contributed by atoms with Crippen LogP contribution in [0.15, 0.2) is 96.7 Å². The average Bonchev–Trinajstić information content (AvgIpc) is 3.29. The molecule has 0 aromatic heterocycles. The van der Waals surface area contributed by atoms with E-state index in [1.807, 2.05) is 49.5 Å². The molecule has 7 nitrogen and oxygen atoms in total. The van der Waals surface area contributed by atoms with Crippen LogP contribution in [-0.4, -0.2) is 47.7 Å². The molecule has 0 fully saturated rings. The van der Waals surface area contributed by atoms with Crippen molar-refractivity contribution < 1.29 is 24.5 Å². The fraction of sp³-hybridized carbons (Fsp3) is 0.414. The first-order chi connectivity index (χ1) is 17.5. The summed E-state index contributed by atoms with van der Waals surface area (Å²) in [6.45, 7) is 6.66. The standard InChI is InChI=1S/C29H40N2O5/c1-3-5-6-11-20-31-28(33)36-27-16-12-15-26(17-18-27)35-23-25(32)22-30-21-19-29(34,4-2)24-13-9-7-8-10-14-24/h3,7,9-14,16-18,20,25,30,32,34H,1,4-6,8,15,19,21-23H2,2H3,(H,31,33)/b20-11+. The lowest BCUT2D eigenvalue weighted by Gasteiger charge is -2.28. The van der Waals surface area contributed by atoms with Crippen molar-refractivity contribution in [3.8, 4) is 0 Å². The fourth-order valence-electron chi connectivity index (χ4n) is 3.57. The molecule has 36 heavy (non-hydrogen) atoms. The van der Waals surface area contributed by atoms with Crippen LogP contribution in [0.4, 0.5) is 4.79 Å². The summed E-state index contributed by atoms with van der Waals surface area (Å²) in [5.41, 5.74) is 0.00808. The molecule has 0 aromatic carbocycles. The number of unbranched alkanes of at least 4 members (excludes halogenated alkanes) is 1. The number of ether oxygens (including phenoxy) is 2. The molecule has 196 valence electrons. The maximum absolute atomic E-state index is 11.9. The van der Waals surface area contributed by atoms with E-state index in [9.17, 15) is 15.0 Å². The highest BCUT2D eigenvalue weighted by atomic mass is 16.6. The van der Waals surface area contributed by atoms with E-state index in [-0.39, 0.29) is 6.61 Å². The van der Waals surface area contributed by atoms with Crippen LogP contribution in [0, 0.1) is 0 Å². The SMILES string of the molecule is C=CCC/C=C/NC(=O)OC1=CC=C(OCC(O)CNCCC(O)(CC)C2=CC=CCC=C2)CC=C1. The Morgan fingerprint density at radius 2 is 2.08 bits per heavy atom. The van der Waals surface area contributed by atoms with E-state index in [0.29, 0.717) is 43.9 Å². The van der Waals surface area contributed by atoms with Gasteiger partial charge in [-0.25, -0.2) is 4.79 Å². The Balaban J connectivity index is 1.70. The summed E-state index contributed by atoms with van der Waals surface area (Å²) in [4.78, 5) is 11.9. The smallest absolute Gasteiger partial charge is 0.416 e. The van der Waals surface area contributed by atoms with E-state index in [0.717, 1.165) is 24.8 Å². The number of carbonyl (C=O) groups excluding carboxylic acids is 1. The molecule has 0 saturated heterocycles. The number of hydrogen-bond acceptors (Lipinski definition) is 6. The van der Waals surface area contributed by atoms with E-state index >= 15 is 0 Å². The summed E-state index contributed by atoms with van der Waals surface area (Å²) in [6.07, 6.45) is 25.1. The molecule has 0 saturated carbocycles. The van der Waals surface area contributed by atoms with Gasteiger partial charge in [-0.3, -0.25) is 5.32 Å². The lowest BCUT2D eigenvalue weighted by molar-refractivity contribution is 0.0581. The van der Waals surface area contributed by atoms with Crippen molar-refractivity contribution in [2.75, 3.05) is 19.7 Å². The fourth-order valence-corrected chi connectivity index (χ4v) is 3.57. The molecule has 4 N–H and O–H groups in total. The highest BCUT2D eigenvalue weighted by Gasteiger charge is 2.27. The minimum Gasteiger partial charge on any atom is -0.495 e. The van der Waals surface area contributed by atoms with Crippen LogP contribution in [0.3, 0.4) is 0 Å². The van der Waals surface area contributed by atoms with Crippen molar-refractivity contribution in [3.63, 3.8) is 0 Å². The third-order valence-corrected chi connectivity index (χ3v) is 5.76. The van der Waals surface area contributed by atoms with Crippen LogP contribution >= 0.6 is 0 Å². The van der Waals surface area contributed by atoms with Crippen LogP contribution in [0.2, 0.25) is 0 Å². The Labute approximate surface area is 215 Å². The summed E-state index contributed by atoms with van der Waals surface area (Å²) in [5.74, 6) is 1.06. The van der Waals surface area contributed by atoms with Crippen LogP contribution in [0.5, 0.6) is 0 Å². The summed E-state index contributed by atoms with van der Waals surface area (Å²) in [5, 5.41) is 27.1. The van der Waals surface area contributed by atoms with Gasteiger partial charge < -0.3 is 25.0 Å². The number of nitrogens with one attached hydrogen (secondary N) is 2. The zero-order chi connectivity index (χ0) is 26.1. The maximum atomic E-state index is 11.9. The molecule has 0 heterocycles. The van der Waals surface area contributed by atoms with Crippen LogP contribution in [-0.2, 0) is 9.47 Å². The minimum absolute atomic E-state index is 0.128. The Morgan fingerprint density at radius 1 is 1.22 bits per heavy atom. The molecule has 2 aliphatic carbocycles. The van der Waals surface area contributed by atoms with E-state index in [1.165, 1.54) is 0 Å². The van der Waals surface area contributed by atoms with Gasteiger partial charge in [0.25, 0.3) is 0 Å². The number of amides is 1. The maximum Gasteiger partial charge on any atom is 0.416 e. The van der Waals surface area contributed by atoms with Crippen LogP contribution < -0.4 is 10.6 Å². The predicted molar refractivity (Wildman–Crippen MR) is 144 cm³/mol. The minimum atomic E-state index is -0.901. The second-order valence-corrected chi connectivity index (χ2v) is 8.60. The van der Waals surface area contributed by atoms with Gasteiger partial charge in [-0.1, -0.05) is 55.5 Å². The van der Waals surface area contributed by atoms with Crippen LogP contribution in [0.1, 0.15) is 45.4 Å². The van der Waals surface area contributed by atoms with Crippen molar-refractivity contribution in [2.24, 2.45) is 0 Å². The molecule has 0 bridgehead atoms. The Morgan fingerprint density at radius 3 is 2.89 bits per heavy atom. The monoisotopic (exact) mass is 496 g/mol. The Hall–Kier alpha value is -3.13. The van der Waals surface area contributed by atoms with E-state index in [1.54, 1.807) is 24.4 Å². The van der Waals surface area contributed by atoms with Gasteiger partial charge in [0.1, 0.15) is 18.5 Å². The molecule has 1 amide bonds. The number of allylic oxidation sites excluding steroid dienone is 10. The number of alkyl carbamates (subject to hydrolysis) is 1. The highest BCUT2D eigenvalue weighted by Crippen LogP contribution is 2.27. The van der Waals surface area contributed by atoms with Gasteiger partial charge in [0.05, 0.1) is 11.4 Å². The van der Waals surface area contributed by atoms with Crippen molar-refractivity contribution in [1.82, 2.24) is 10.6 Å². The van der Waals surface area contributed by atoms with Crippen molar-refractivity contribution in [1.29, 1.82) is 0 Å². The first-order valence-corrected chi connectivity index (χ1v) is 12.6. The average molecular weight is 497 g/mol. The third kappa shape index (κ3) is 11.1. The Kier molecular flexibility index (Phi) is 13.4. The molecule has 2 atom stereocenters. The first-order valence-electron chi connectivity index (χ1n) is 12.6. The Bertz CT molecular complexity index is 926. The number of aliphatic hydroxyl groups excluding tert-OH is 1. The highest BCUT2D eigenvalue weighted by molar-refractivity contribution is 5.70. The molecular weight excluding hydrogens is 456 g/mol.